The summed E-state index contributed by atoms with van der Waals surface area (Å²) in [5.41, 5.74) is 1.77. The molecule has 0 aliphatic heterocycles. The van der Waals surface area contributed by atoms with Gasteiger partial charge in [-0.25, -0.2) is 0 Å². The molecule has 1 N–H and O–H groups in total. The van der Waals surface area contributed by atoms with Crippen LogP contribution in [-0.4, -0.2) is 25.5 Å². The number of carbonyl (C=O) groups is 2. The summed E-state index contributed by atoms with van der Waals surface area (Å²) in [7, 11) is 1.31. The monoisotopic (exact) mass is 261 g/mol. The van der Waals surface area contributed by atoms with Crippen molar-refractivity contribution in [2.24, 2.45) is 0 Å². The van der Waals surface area contributed by atoms with Gasteiger partial charge in [0.05, 0.1) is 13.5 Å². The molecular weight excluding hydrogens is 246 g/mol. The van der Waals surface area contributed by atoms with Crippen LogP contribution in [0.4, 0.5) is 0 Å². The number of hydrogen-bond donors (Lipinski definition) is 1. The standard InChI is InChI=1S/C14H15NO4/c1-9-3-4-11-10(7-9)8-12(19-11)14(17)15-6-5-13(16)18-2/h3-4,7-8H,5-6H2,1-2H3,(H,15,17). The third-order valence-electron chi connectivity index (χ3n) is 2.74. The fourth-order valence-electron chi connectivity index (χ4n) is 1.74. The first-order chi connectivity index (χ1) is 9.10. The van der Waals surface area contributed by atoms with Crippen LogP contribution in [0.25, 0.3) is 11.0 Å². The zero-order valence-corrected chi connectivity index (χ0v) is 10.9. The zero-order chi connectivity index (χ0) is 13.8. The van der Waals surface area contributed by atoms with Gasteiger partial charge in [0, 0.05) is 11.9 Å². The lowest BCUT2D eigenvalue weighted by Crippen LogP contribution is -2.25. The fourth-order valence-corrected chi connectivity index (χ4v) is 1.74. The van der Waals surface area contributed by atoms with E-state index in [4.69, 9.17) is 4.42 Å². The Balaban J connectivity index is 2.03. The number of furan rings is 1. The van der Waals surface area contributed by atoms with E-state index in [2.05, 4.69) is 10.1 Å². The number of methoxy groups -OCH3 is 1. The van der Waals surface area contributed by atoms with E-state index in [1.54, 1.807) is 6.07 Å². The Hall–Kier alpha value is -2.30. The molecule has 0 aliphatic carbocycles. The SMILES string of the molecule is COC(=O)CCNC(=O)c1cc2cc(C)ccc2o1. The Morgan fingerprint density at radius 1 is 1.32 bits per heavy atom. The normalized spacial score (nSPS) is 10.4. The number of amides is 1. The molecular formula is C14H15NO4. The van der Waals surface area contributed by atoms with Crippen molar-refractivity contribution in [2.45, 2.75) is 13.3 Å². The van der Waals surface area contributed by atoms with Gasteiger partial charge in [-0.05, 0) is 25.1 Å². The summed E-state index contributed by atoms with van der Waals surface area (Å²) >= 11 is 0. The Morgan fingerprint density at radius 3 is 2.84 bits per heavy atom. The van der Waals surface area contributed by atoms with Gasteiger partial charge in [-0.15, -0.1) is 0 Å². The maximum Gasteiger partial charge on any atom is 0.307 e. The number of nitrogens with one attached hydrogen (secondary N) is 1. The Kier molecular flexibility index (Phi) is 3.85. The number of ether oxygens (including phenoxy) is 1. The van der Waals surface area contributed by atoms with Crippen LogP contribution in [0.15, 0.2) is 28.7 Å². The lowest BCUT2D eigenvalue weighted by molar-refractivity contribution is -0.140. The molecule has 1 amide bonds. The van der Waals surface area contributed by atoms with Crippen LogP contribution in [0, 0.1) is 6.92 Å². The zero-order valence-electron chi connectivity index (χ0n) is 10.9. The van der Waals surface area contributed by atoms with Gasteiger partial charge in [-0.1, -0.05) is 11.6 Å². The van der Waals surface area contributed by atoms with Crippen LogP contribution in [0.1, 0.15) is 22.5 Å². The van der Waals surface area contributed by atoms with Gasteiger partial charge in [-0.2, -0.15) is 0 Å². The Bertz CT molecular complexity index is 615. The first-order valence-corrected chi connectivity index (χ1v) is 5.95. The van der Waals surface area contributed by atoms with Gasteiger partial charge in [0.25, 0.3) is 5.91 Å². The Labute approximate surface area is 110 Å². The molecule has 0 saturated heterocycles. The third-order valence-corrected chi connectivity index (χ3v) is 2.74. The second-order valence-electron chi connectivity index (χ2n) is 4.23. The number of hydrogen-bond acceptors (Lipinski definition) is 4. The third kappa shape index (κ3) is 3.13. The summed E-state index contributed by atoms with van der Waals surface area (Å²) in [6, 6.07) is 7.39. The van der Waals surface area contributed by atoms with Crippen LogP contribution in [0.5, 0.6) is 0 Å². The van der Waals surface area contributed by atoms with Crippen LogP contribution in [0.3, 0.4) is 0 Å². The summed E-state index contributed by atoms with van der Waals surface area (Å²) in [6.45, 7) is 2.20. The van der Waals surface area contributed by atoms with Gasteiger partial charge < -0.3 is 14.5 Å². The molecule has 100 valence electrons. The van der Waals surface area contributed by atoms with Crippen LogP contribution in [0.2, 0.25) is 0 Å². The van der Waals surface area contributed by atoms with Gasteiger partial charge in [0.2, 0.25) is 0 Å². The molecule has 1 aromatic heterocycles. The van der Waals surface area contributed by atoms with Crippen LogP contribution < -0.4 is 5.32 Å². The van der Waals surface area contributed by atoms with E-state index in [1.807, 2.05) is 25.1 Å². The number of rotatable bonds is 4. The highest BCUT2D eigenvalue weighted by molar-refractivity contribution is 5.96. The fraction of sp³-hybridized carbons (Fsp3) is 0.286. The molecule has 5 nitrogen and oxygen atoms in total. The molecule has 2 aromatic rings. The molecule has 0 unspecified atom stereocenters. The summed E-state index contributed by atoms with van der Waals surface area (Å²) in [5.74, 6) is -0.455. The van der Waals surface area contributed by atoms with Crippen molar-refractivity contribution in [3.63, 3.8) is 0 Å². The smallest absolute Gasteiger partial charge is 0.307 e. The summed E-state index contributed by atoms with van der Waals surface area (Å²) in [5, 5.41) is 3.49. The van der Waals surface area contributed by atoms with Gasteiger partial charge in [0.15, 0.2) is 5.76 Å². The van der Waals surface area contributed by atoms with Crippen molar-refractivity contribution in [2.75, 3.05) is 13.7 Å². The molecule has 0 saturated carbocycles. The molecule has 1 aromatic carbocycles. The minimum Gasteiger partial charge on any atom is -0.469 e. The summed E-state index contributed by atoms with van der Waals surface area (Å²) < 4.78 is 9.93. The highest BCUT2D eigenvalue weighted by Crippen LogP contribution is 2.20. The van der Waals surface area contributed by atoms with Crippen molar-refractivity contribution in [3.8, 4) is 0 Å². The van der Waals surface area contributed by atoms with Crippen molar-refractivity contribution in [1.82, 2.24) is 5.32 Å². The largest absolute Gasteiger partial charge is 0.469 e. The second-order valence-corrected chi connectivity index (χ2v) is 4.23. The quantitative estimate of drug-likeness (QED) is 0.855. The van der Waals surface area contributed by atoms with E-state index >= 15 is 0 Å². The molecule has 0 radical (unpaired) electrons. The Morgan fingerprint density at radius 2 is 2.11 bits per heavy atom. The van der Waals surface area contributed by atoms with Crippen LogP contribution >= 0.6 is 0 Å². The average Bonchev–Trinajstić information content (AvgIpc) is 2.81. The topological polar surface area (TPSA) is 68.5 Å². The lowest BCUT2D eigenvalue weighted by atomic mass is 10.2. The molecule has 0 bridgehead atoms. The van der Waals surface area contributed by atoms with E-state index in [-0.39, 0.29) is 30.6 Å². The summed E-state index contributed by atoms with van der Waals surface area (Å²) in [4.78, 5) is 22.7. The maximum atomic E-state index is 11.8. The van der Waals surface area contributed by atoms with Gasteiger partial charge in [0.1, 0.15) is 5.58 Å². The maximum absolute atomic E-state index is 11.8. The number of esters is 1. The van der Waals surface area contributed by atoms with Crippen molar-refractivity contribution in [1.29, 1.82) is 0 Å². The molecule has 5 heteroatoms. The molecule has 1 heterocycles. The van der Waals surface area contributed by atoms with Gasteiger partial charge in [-0.3, -0.25) is 9.59 Å². The van der Waals surface area contributed by atoms with E-state index in [0.717, 1.165) is 10.9 Å². The first-order valence-electron chi connectivity index (χ1n) is 5.95. The van der Waals surface area contributed by atoms with E-state index in [0.29, 0.717) is 5.58 Å². The predicted molar refractivity (Wildman–Crippen MR) is 69.9 cm³/mol. The molecule has 2 rings (SSSR count). The number of aryl methyl sites for hydroxylation is 1. The average molecular weight is 261 g/mol. The minimum atomic E-state index is -0.361. The highest BCUT2D eigenvalue weighted by atomic mass is 16.5. The number of carbonyl (C=O) groups excluding carboxylic acids is 2. The second kappa shape index (κ2) is 5.56. The molecule has 19 heavy (non-hydrogen) atoms. The summed E-state index contributed by atoms with van der Waals surface area (Å²) in [6.07, 6.45) is 0.140. The van der Waals surface area contributed by atoms with E-state index in [1.165, 1.54) is 7.11 Å². The van der Waals surface area contributed by atoms with E-state index < -0.39 is 0 Å². The predicted octanol–water partition coefficient (Wildman–Crippen LogP) is 2.03. The molecule has 0 fully saturated rings. The molecule has 0 aliphatic rings. The highest BCUT2D eigenvalue weighted by Gasteiger charge is 2.12. The molecule has 0 atom stereocenters. The first kappa shape index (κ1) is 13.1. The lowest BCUT2D eigenvalue weighted by Gasteiger charge is -2.01. The number of fused-ring (bicyclic) bond motifs is 1. The van der Waals surface area contributed by atoms with Crippen molar-refractivity contribution in [3.05, 3.63) is 35.6 Å². The van der Waals surface area contributed by atoms with Crippen molar-refractivity contribution < 1.29 is 18.7 Å². The van der Waals surface area contributed by atoms with Gasteiger partial charge >= 0.3 is 5.97 Å². The van der Waals surface area contributed by atoms with E-state index in [9.17, 15) is 9.59 Å². The number of benzene rings is 1. The van der Waals surface area contributed by atoms with Crippen LogP contribution in [-0.2, 0) is 9.53 Å². The molecule has 0 spiro atoms. The van der Waals surface area contributed by atoms with Crippen molar-refractivity contribution >= 4 is 22.8 Å². The minimum absolute atomic E-state index is 0.140.